The number of nitrogens with zero attached hydrogens (tertiary/aromatic N) is 3. The molecule has 3 aliphatic heterocycles. The summed E-state index contributed by atoms with van der Waals surface area (Å²) in [5.74, 6) is 0.748. The van der Waals surface area contributed by atoms with Crippen molar-refractivity contribution in [1.29, 1.82) is 0 Å². The van der Waals surface area contributed by atoms with Crippen LogP contribution in [0.25, 0.3) is 0 Å². The summed E-state index contributed by atoms with van der Waals surface area (Å²) in [6.45, 7) is 1.97. The number of hydrogen-bond donors (Lipinski definition) is 0. The van der Waals surface area contributed by atoms with E-state index in [0.29, 0.717) is 23.7 Å². The summed E-state index contributed by atoms with van der Waals surface area (Å²) < 4.78 is 6.03. The van der Waals surface area contributed by atoms with Crippen molar-refractivity contribution < 1.29 is 19.1 Å². The van der Waals surface area contributed by atoms with Gasteiger partial charge in [-0.05, 0) is 43.5 Å². The first kappa shape index (κ1) is 21.8. The lowest BCUT2D eigenvalue weighted by Gasteiger charge is -2.37. The molecule has 3 heterocycles. The Labute approximate surface area is 197 Å². The SMILES string of the molecule is O=C([C@H]1CN(C(=O)CCN2C(=O)CSc3ccccc32)c2ccccc2O1)N1CCCCC1. The topological polar surface area (TPSA) is 70.2 Å². The summed E-state index contributed by atoms with van der Waals surface area (Å²) in [7, 11) is 0. The second-order valence-electron chi connectivity index (χ2n) is 8.52. The number of rotatable bonds is 4. The Morgan fingerprint density at radius 3 is 2.52 bits per heavy atom. The average molecular weight is 466 g/mol. The Bertz CT molecular complexity index is 1070. The summed E-state index contributed by atoms with van der Waals surface area (Å²) in [6.07, 6.45) is 2.60. The molecule has 3 aliphatic rings. The first-order valence-corrected chi connectivity index (χ1v) is 12.5. The highest BCUT2D eigenvalue weighted by atomic mass is 32.2. The number of amides is 3. The van der Waals surface area contributed by atoms with E-state index in [1.165, 1.54) is 11.8 Å². The standard InChI is InChI=1S/C25H27N3O4S/c29-23(12-15-27-19-9-3-5-11-22(19)33-17-24(27)30)28-16-21(25(31)26-13-6-1-7-14-26)32-20-10-4-2-8-18(20)28/h2-5,8-11,21H,1,6-7,12-17H2/t21-/m1/s1. The zero-order chi connectivity index (χ0) is 22.8. The first-order valence-electron chi connectivity index (χ1n) is 11.5. The van der Waals surface area contributed by atoms with E-state index < -0.39 is 6.10 Å². The van der Waals surface area contributed by atoms with E-state index in [0.717, 1.165) is 42.9 Å². The third kappa shape index (κ3) is 4.44. The normalized spacial score (nSPS) is 20.1. The monoisotopic (exact) mass is 465 g/mol. The smallest absolute Gasteiger partial charge is 0.265 e. The molecule has 0 N–H and O–H groups in total. The predicted octanol–water partition coefficient (Wildman–Crippen LogP) is 3.32. The second kappa shape index (κ2) is 9.47. The van der Waals surface area contributed by atoms with Gasteiger partial charge in [-0.2, -0.15) is 0 Å². The Balaban J connectivity index is 1.32. The van der Waals surface area contributed by atoms with E-state index >= 15 is 0 Å². The maximum atomic E-state index is 13.4. The molecule has 172 valence electrons. The Hall–Kier alpha value is -3.00. The molecule has 33 heavy (non-hydrogen) atoms. The molecule has 1 fully saturated rings. The fourth-order valence-electron chi connectivity index (χ4n) is 4.66. The largest absolute Gasteiger partial charge is 0.476 e. The molecule has 0 aromatic heterocycles. The van der Waals surface area contributed by atoms with Crippen LogP contribution in [-0.2, 0) is 14.4 Å². The summed E-state index contributed by atoms with van der Waals surface area (Å²) >= 11 is 1.53. The molecular formula is C25H27N3O4S. The molecule has 0 saturated carbocycles. The lowest BCUT2D eigenvalue weighted by molar-refractivity contribution is -0.139. The summed E-state index contributed by atoms with van der Waals surface area (Å²) in [5.41, 5.74) is 1.53. The maximum absolute atomic E-state index is 13.4. The first-order chi connectivity index (χ1) is 16.1. The van der Waals surface area contributed by atoms with Crippen LogP contribution in [-0.4, -0.2) is 60.7 Å². The number of fused-ring (bicyclic) bond motifs is 2. The highest BCUT2D eigenvalue weighted by Gasteiger charge is 2.36. The van der Waals surface area contributed by atoms with Gasteiger partial charge in [0.25, 0.3) is 5.91 Å². The van der Waals surface area contributed by atoms with Crippen LogP contribution in [0.3, 0.4) is 0 Å². The number of carbonyl (C=O) groups is 3. The van der Waals surface area contributed by atoms with Gasteiger partial charge in [-0.15, -0.1) is 11.8 Å². The molecule has 0 bridgehead atoms. The van der Waals surface area contributed by atoms with Crippen LogP contribution >= 0.6 is 11.8 Å². The highest BCUT2D eigenvalue weighted by molar-refractivity contribution is 8.00. The zero-order valence-electron chi connectivity index (χ0n) is 18.4. The predicted molar refractivity (Wildman–Crippen MR) is 128 cm³/mol. The Morgan fingerprint density at radius 1 is 0.970 bits per heavy atom. The molecule has 0 unspecified atom stereocenters. The van der Waals surface area contributed by atoms with E-state index in [4.69, 9.17) is 4.74 Å². The number of para-hydroxylation sites is 3. The van der Waals surface area contributed by atoms with Crippen LogP contribution in [0.4, 0.5) is 11.4 Å². The van der Waals surface area contributed by atoms with Gasteiger partial charge in [-0.3, -0.25) is 14.4 Å². The number of thioether (sulfide) groups is 1. The van der Waals surface area contributed by atoms with Crippen molar-refractivity contribution >= 4 is 40.9 Å². The zero-order valence-corrected chi connectivity index (χ0v) is 19.3. The van der Waals surface area contributed by atoms with Crippen molar-refractivity contribution in [2.24, 2.45) is 0 Å². The molecule has 1 saturated heterocycles. The van der Waals surface area contributed by atoms with E-state index in [-0.39, 0.29) is 30.7 Å². The van der Waals surface area contributed by atoms with Gasteiger partial charge in [0.2, 0.25) is 11.8 Å². The van der Waals surface area contributed by atoms with Crippen LogP contribution in [0.2, 0.25) is 0 Å². The van der Waals surface area contributed by atoms with Gasteiger partial charge >= 0.3 is 0 Å². The number of ether oxygens (including phenoxy) is 1. The van der Waals surface area contributed by atoms with Gasteiger partial charge in [0, 0.05) is 31.0 Å². The van der Waals surface area contributed by atoms with Crippen LogP contribution in [0.1, 0.15) is 25.7 Å². The van der Waals surface area contributed by atoms with E-state index in [1.54, 1.807) is 15.9 Å². The van der Waals surface area contributed by atoms with E-state index in [2.05, 4.69) is 0 Å². The molecule has 5 rings (SSSR count). The van der Waals surface area contributed by atoms with Crippen LogP contribution < -0.4 is 14.5 Å². The molecule has 1 atom stereocenters. The van der Waals surface area contributed by atoms with Gasteiger partial charge in [-0.25, -0.2) is 0 Å². The summed E-state index contributed by atoms with van der Waals surface area (Å²) in [4.78, 5) is 45.3. The quantitative estimate of drug-likeness (QED) is 0.693. The number of anilines is 2. The van der Waals surface area contributed by atoms with Gasteiger partial charge < -0.3 is 19.4 Å². The van der Waals surface area contributed by atoms with Gasteiger partial charge in [0.1, 0.15) is 5.75 Å². The van der Waals surface area contributed by atoms with E-state index in [1.807, 2.05) is 47.4 Å². The molecule has 2 aromatic rings. The summed E-state index contributed by atoms with van der Waals surface area (Å²) in [5, 5.41) is 0. The second-order valence-corrected chi connectivity index (χ2v) is 9.53. The molecular weight excluding hydrogens is 438 g/mol. The number of benzene rings is 2. The number of piperidine rings is 1. The molecule has 3 amide bonds. The van der Waals surface area contributed by atoms with Crippen molar-refractivity contribution in [2.75, 3.05) is 41.7 Å². The van der Waals surface area contributed by atoms with Crippen molar-refractivity contribution in [3.05, 3.63) is 48.5 Å². The van der Waals surface area contributed by atoms with Crippen molar-refractivity contribution in [1.82, 2.24) is 4.90 Å². The van der Waals surface area contributed by atoms with Crippen LogP contribution in [0.15, 0.2) is 53.4 Å². The van der Waals surface area contributed by atoms with Crippen molar-refractivity contribution in [2.45, 2.75) is 36.7 Å². The molecule has 0 aliphatic carbocycles. The molecule has 8 heteroatoms. The Morgan fingerprint density at radius 2 is 1.70 bits per heavy atom. The number of hydrogen-bond acceptors (Lipinski definition) is 5. The van der Waals surface area contributed by atoms with Gasteiger partial charge in [0.05, 0.1) is 23.7 Å². The van der Waals surface area contributed by atoms with Gasteiger partial charge in [-0.1, -0.05) is 24.3 Å². The van der Waals surface area contributed by atoms with Gasteiger partial charge in [0.15, 0.2) is 6.10 Å². The molecule has 0 spiro atoms. The Kier molecular flexibility index (Phi) is 6.26. The third-order valence-corrected chi connectivity index (χ3v) is 7.42. The number of likely N-dealkylation sites (tertiary alicyclic amines) is 1. The minimum absolute atomic E-state index is 0.00651. The fraction of sp³-hybridized carbons (Fsp3) is 0.400. The maximum Gasteiger partial charge on any atom is 0.265 e. The average Bonchev–Trinajstić information content (AvgIpc) is 2.87. The van der Waals surface area contributed by atoms with Crippen LogP contribution in [0, 0.1) is 0 Å². The lowest BCUT2D eigenvalue weighted by Crippen LogP contribution is -2.53. The van der Waals surface area contributed by atoms with E-state index in [9.17, 15) is 14.4 Å². The molecule has 0 radical (unpaired) electrons. The van der Waals surface area contributed by atoms with Crippen LogP contribution in [0.5, 0.6) is 5.75 Å². The van der Waals surface area contributed by atoms with Crippen molar-refractivity contribution in [3.8, 4) is 5.75 Å². The minimum atomic E-state index is -0.712. The molecule has 2 aromatic carbocycles. The minimum Gasteiger partial charge on any atom is -0.476 e. The highest BCUT2D eigenvalue weighted by Crippen LogP contribution is 2.36. The fourth-order valence-corrected chi connectivity index (χ4v) is 5.59. The van der Waals surface area contributed by atoms with Crippen molar-refractivity contribution in [3.63, 3.8) is 0 Å². The number of carbonyl (C=O) groups excluding carboxylic acids is 3. The lowest BCUT2D eigenvalue weighted by atomic mass is 10.1. The third-order valence-electron chi connectivity index (χ3n) is 6.38. The molecule has 7 nitrogen and oxygen atoms in total. The summed E-state index contributed by atoms with van der Waals surface area (Å²) in [6, 6.07) is 15.1.